The van der Waals surface area contributed by atoms with Gasteiger partial charge in [0.15, 0.2) is 5.11 Å². The number of hydrogen-bond acceptors (Lipinski definition) is 6. The standard InChI is InChI=1S/C19H19IN4O4S/c1-28-13-6-7-16(17(12-13)24(26)27)22-8-10-23(11-9-22)19(29)21-18(25)14-4-2-3-5-15(14)20/h2-7,12H,8-11H2,1H3,(H,21,25,29). The average Bonchev–Trinajstić information content (AvgIpc) is 2.73. The van der Waals surface area contributed by atoms with E-state index in [-0.39, 0.29) is 11.6 Å². The van der Waals surface area contributed by atoms with Gasteiger partial charge in [0.1, 0.15) is 11.4 Å². The molecule has 152 valence electrons. The summed E-state index contributed by atoms with van der Waals surface area (Å²) in [5.74, 6) is 0.201. The molecule has 1 N–H and O–H groups in total. The van der Waals surface area contributed by atoms with Crippen molar-refractivity contribution in [1.82, 2.24) is 10.2 Å². The minimum Gasteiger partial charge on any atom is -0.496 e. The maximum atomic E-state index is 12.5. The van der Waals surface area contributed by atoms with Crippen LogP contribution in [0, 0.1) is 13.7 Å². The largest absolute Gasteiger partial charge is 0.496 e. The van der Waals surface area contributed by atoms with Gasteiger partial charge in [-0.25, -0.2) is 0 Å². The van der Waals surface area contributed by atoms with Gasteiger partial charge >= 0.3 is 0 Å². The van der Waals surface area contributed by atoms with Gasteiger partial charge in [-0.3, -0.25) is 20.2 Å². The number of piperazine rings is 1. The van der Waals surface area contributed by atoms with Gasteiger partial charge in [0, 0.05) is 29.7 Å². The van der Waals surface area contributed by atoms with Crippen molar-refractivity contribution in [1.29, 1.82) is 0 Å². The number of nitro benzene ring substituents is 1. The summed E-state index contributed by atoms with van der Waals surface area (Å²) >= 11 is 7.51. The highest BCUT2D eigenvalue weighted by atomic mass is 127. The number of hydrogen-bond donors (Lipinski definition) is 1. The fourth-order valence-electron chi connectivity index (χ4n) is 3.08. The molecule has 1 amide bonds. The minimum atomic E-state index is -0.406. The lowest BCUT2D eigenvalue weighted by Crippen LogP contribution is -2.52. The lowest BCUT2D eigenvalue weighted by Gasteiger charge is -2.37. The van der Waals surface area contributed by atoms with Gasteiger partial charge in [0.05, 0.1) is 23.7 Å². The third-order valence-electron chi connectivity index (χ3n) is 4.63. The number of ether oxygens (including phenoxy) is 1. The van der Waals surface area contributed by atoms with E-state index in [1.807, 2.05) is 21.9 Å². The molecule has 0 saturated carbocycles. The van der Waals surface area contributed by atoms with E-state index in [1.54, 1.807) is 24.3 Å². The molecule has 10 heteroatoms. The maximum Gasteiger partial charge on any atom is 0.296 e. The summed E-state index contributed by atoms with van der Waals surface area (Å²) in [6.07, 6.45) is 0. The zero-order chi connectivity index (χ0) is 21.0. The van der Waals surface area contributed by atoms with E-state index in [0.29, 0.717) is 48.3 Å². The molecule has 0 atom stereocenters. The molecule has 1 aliphatic heterocycles. The Hall–Kier alpha value is -2.47. The summed E-state index contributed by atoms with van der Waals surface area (Å²) in [5, 5.41) is 14.6. The summed E-state index contributed by atoms with van der Waals surface area (Å²) in [5.41, 5.74) is 1.12. The van der Waals surface area contributed by atoms with E-state index in [0.717, 1.165) is 3.57 Å². The average molecular weight is 526 g/mol. The van der Waals surface area contributed by atoms with Crippen molar-refractivity contribution in [2.75, 3.05) is 38.2 Å². The van der Waals surface area contributed by atoms with Crippen LogP contribution < -0.4 is 15.0 Å². The summed E-state index contributed by atoms with van der Waals surface area (Å²) in [7, 11) is 1.48. The monoisotopic (exact) mass is 526 g/mol. The first kappa shape index (κ1) is 21.2. The number of rotatable bonds is 4. The second kappa shape index (κ2) is 9.35. The van der Waals surface area contributed by atoms with Crippen molar-refractivity contribution < 1.29 is 14.5 Å². The topological polar surface area (TPSA) is 88.0 Å². The first-order valence-corrected chi connectivity index (χ1v) is 10.3. The number of anilines is 1. The minimum absolute atomic E-state index is 0.00679. The number of methoxy groups -OCH3 is 1. The maximum absolute atomic E-state index is 12.5. The van der Waals surface area contributed by atoms with Crippen LogP contribution in [0.1, 0.15) is 10.4 Å². The summed E-state index contributed by atoms with van der Waals surface area (Å²) in [6, 6.07) is 12.1. The van der Waals surface area contributed by atoms with E-state index in [1.165, 1.54) is 13.2 Å². The van der Waals surface area contributed by atoms with Gasteiger partial charge in [-0.05, 0) is 59.1 Å². The Morgan fingerprint density at radius 2 is 1.90 bits per heavy atom. The molecule has 1 aliphatic rings. The van der Waals surface area contributed by atoms with Crippen LogP contribution in [0.4, 0.5) is 11.4 Å². The van der Waals surface area contributed by atoms with Crippen LogP contribution in [0.3, 0.4) is 0 Å². The number of halogens is 1. The molecule has 0 radical (unpaired) electrons. The molecule has 1 saturated heterocycles. The summed E-state index contributed by atoms with van der Waals surface area (Å²) in [4.78, 5) is 27.3. The van der Waals surface area contributed by atoms with Crippen LogP contribution in [-0.4, -0.2) is 54.1 Å². The molecule has 1 fully saturated rings. The Kier molecular flexibility index (Phi) is 6.85. The molecule has 3 rings (SSSR count). The summed E-state index contributed by atoms with van der Waals surface area (Å²) in [6.45, 7) is 2.19. The molecule has 0 unspecified atom stereocenters. The molecule has 1 heterocycles. The van der Waals surface area contributed by atoms with Crippen molar-refractivity contribution >= 4 is 57.2 Å². The van der Waals surface area contributed by atoms with Crippen molar-refractivity contribution in [2.45, 2.75) is 0 Å². The van der Waals surface area contributed by atoms with E-state index >= 15 is 0 Å². The van der Waals surface area contributed by atoms with Gasteiger partial charge in [0.2, 0.25) is 0 Å². The van der Waals surface area contributed by atoms with Crippen LogP contribution in [0.5, 0.6) is 5.75 Å². The number of nitro groups is 1. The zero-order valence-corrected chi connectivity index (χ0v) is 18.6. The van der Waals surface area contributed by atoms with Crippen molar-refractivity contribution in [3.63, 3.8) is 0 Å². The fourth-order valence-corrected chi connectivity index (χ4v) is 3.99. The molecule has 0 aliphatic carbocycles. The first-order valence-electron chi connectivity index (χ1n) is 8.83. The van der Waals surface area contributed by atoms with Crippen molar-refractivity contribution in [2.24, 2.45) is 0 Å². The predicted octanol–water partition coefficient (Wildman–Crippen LogP) is 3.04. The van der Waals surface area contributed by atoms with Crippen molar-refractivity contribution in [3.8, 4) is 5.75 Å². The summed E-state index contributed by atoms with van der Waals surface area (Å²) < 4.78 is 5.94. The SMILES string of the molecule is COc1ccc(N2CCN(C(=S)NC(=O)c3ccccc3I)CC2)c([N+](=O)[O-])c1. The Labute approximate surface area is 187 Å². The highest BCUT2D eigenvalue weighted by Gasteiger charge is 2.26. The van der Waals surface area contributed by atoms with Crippen LogP contribution >= 0.6 is 34.8 Å². The van der Waals surface area contributed by atoms with Crippen molar-refractivity contribution in [3.05, 3.63) is 61.7 Å². The number of benzene rings is 2. The molecule has 0 bridgehead atoms. The quantitative estimate of drug-likeness (QED) is 0.284. The smallest absolute Gasteiger partial charge is 0.296 e. The normalized spacial score (nSPS) is 13.7. The molecule has 0 aromatic heterocycles. The molecular formula is C19H19IN4O4S. The molecule has 0 spiro atoms. The number of thiocarbonyl (C=S) groups is 1. The number of nitrogens with zero attached hydrogens (tertiary/aromatic N) is 3. The van der Waals surface area contributed by atoms with Crippen LogP contribution in [0.15, 0.2) is 42.5 Å². The third kappa shape index (κ3) is 4.93. The Morgan fingerprint density at radius 1 is 1.21 bits per heavy atom. The fraction of sp³-hybridized carbons (Fsp3) is 0.263. The van der Waals surface area contributed by atoms with Gasteiger partial charge in [-0.2, -0.15) is 0 Å². The zero-order valence-electron chi connectivity index (χ0n) is 15.6. The third-order valence-corrected chi connectivity index (χ3v) is 5.93. The number of carbonyl (C=O) groups excluding carboxylic acids is 1. The predicted molar refractivity (Wildman–Crippen MR) is 123 cm³/mol. The molecule has 8 nitrogen and oxygen atoms in total. The van der Waals surface area contributed by atoms with Gasteiger partial charge < -0.3 is 14.5 Å². The van der Waals surface area contributed by atoms with Gasteiger partial charge in [-0.1, -0.05) is 12.1 Å². The molecular weight excluding hydrogens is 507 g/mol. The molecule has 2 aromatic rings. The highest BCUT2D eigenvalue weighted by molar-refractivity contribution is 14.1. The van der Waals surface area contributed by atoms with Crippen LogP contribution in [0.2, 0.25) is 0 Å². The highest BCUT2D eigenvalue weighted by Crippen LogP contribution is 2.32. The number of carbonyl (C=O) groups is 1. The van der Waals surface area contributed by atoms with E-state index < -0.39 is 4.92 Å². The van der Waals surface area contributed by atoms with Gasteiger partial charge in [-0.15, -0.1) is 0 Å². The van der Waals surface area contributed by atoms with Crippen LogP contribution in [-0.2, 0) is 0 Å². The second-order valence-corrected chi connectivity index (χ2v) is 7.87. The Morgan fingerprint density at radius 3 is 2.52 bits per heavy atom. The lowest BCUT2D eigenvalue weighted by atomic mass is 10.2. The number of nitrogens with one attached hydrogen (secondary N) is 1. The molecule has 29 heavy (non-hydrogen) atoms. The molecule has 2 aromatic carbocycles. The van der Waals surface area contributed by atoms with E-state index in [2.05, 4.69) is 27.9 Å². The lowest BCUT2D eigenvalue weighted by molar-refractivity contribution is -0.384. The Balaban J connectivity index is 1.63. The first-order chi connectivity index (χ1) is 13.9. The van der Waals surface area contributed by atoms with Crippen LogP contribution in [0.25, 0.3) is 0 Å². The van der Waals surface area contributed by atoms with E-state index in [4.69, 9.17) is 17.0 Å². The Bertz CT molecular complexity index is 948. The van der Waals surface area contributed by atoms with E-state index in [9.17, 15) is 14.9 Å². The number of amides is 1. The van der Waals surface area contributed by atoms with Gasteiger partial charge in [0.25, 0.3) is 11.6 Å². The second-order valence-electron chi connectivity index (χ2n) is 6.32.